The number of alkyl halides is 4. The van der Waals surface area contributed by atoms with E-state index in [0.717, 1.165) is 16.5 Å². The smallest absolute Gasteiger partial charge is 0.282 e. The standard InChI is InChI=1S/C21H18F4N4O3S/c1-11-3-5-15(6-4-11)33-16-8-13(7-14(9-16)29(31)32)26-21(30)12(2)28-18(20(24)25)10-17(27-28)19(22)23/h3-10,12,19-20H,1-2H3,(H,26,30). The van der Waals surface area contributed by atoms with E-state index in [9.17, 15) is 32.5 Å². The van der Waals surface area contributed by atoms with Gasteiger partial charge in [-0.1, -0.05) is 29.5 Å². The molecule has 1 heterocycles. The molecular formula is C21H18F4N4O3S. The van der Waals surface area contributed by atoms with E-state index in [2.05, 4.69) is 10.4 Å². The number of hydrogen-bond donors (Lipinski definition) is 1. The van der Waals surface area contributed by atoms with Gasteiger partial charge in [0, 0.05) is 27.6 Å². The second-order valence-electron chi connectivity index (χ2n) is 7.09. The Balaban J connectivity index is 1.87. The molecule has 1 amide bonds. The van der Waals surface area contributed by atoms with Crippen LogP contribution in [0.1, 0.15) is 42.8 Å². The number of nitrogens with zero attached hydrogens (tertiary/aromatic N) is 3. The van der Waals surface area contributed by atoms with E-state index in [0.29, 0.717) is 15.6 Å². The monoisotopic (exact) mass is 482 g/mol. The molecule has 1 atom stereocenters. The molecule has 0 aliphatic heterocycles. The highest BCUT2D eigenvalue weighted by atomic mass is 32.2. The van der Waals surface area contributed by atoms with Crippen molar-refractivity contribution in [3.63, 3.8) is 0 Å². The number of nitro benzene ring substituents is 1. The zero-order chi connectivity index (χ0) is 24.3. The van der Waals surface area contributed by atoms with Gasteiger partial charge in [0.25, 0.3) is 18.5 Å². The van der Waals surface area contributed by atoms with Crippen molar-refractivity contribution >= 4 is 29.0 Å². The maximum atomic E-state index is 13.3. The lowest BCUT2D eigenvalue weighted by molar-refractivity contribution is -0.385. The summed E-state index contributed by atoms with van der Waals surface area (Å²) >= 11 is 1.23. The number of carbonyl (C=O) groups excluding carboxylic acids is 1. The minimum Gasteiger partial charge on any atom is -0.324 e. The summed E-state index contributed by atoms with van der Waals surface area (Å²) in [4.78, 5) is 24.7. The molecular weight excluding hydrogens is 464 g/mol. The topological polar surface area (TPSA) is 90.1 Å². The molecule has 0 aliphatic rings. The van der Waals surface area contributed by atoms with Gasteiger partial charge in [-0.05, 0) is 38.1 Å². The van der Waals surface area contributed by atoms with Crippen LogP contribution in [0.4, 0.5) is 28.9 Å². The average molecular weight is 482 g/mol. The lowest BCUT2D eigenvalue weighted by Gasteiger charge is -2.16. The van der Waals surface area contributed by atoms with Gasteiger partial charge in [-0.15, -0.1) is 0 Å². The molecule has 1 unspecified atom stereocenters. The van der Waals surface area contributed by atoms with Crippen LogP contribution in [0.2, 0.25) is 0 Å². The number of nitrogens with one attached hydrogen (secondary N) is 1. The summed E-state index contributed by atoms with van der Waals surface area (Å²) < 4.78 is 52.9. The molecule has 1 N–H and O–H groups in total. The maximum absolute atomic E-state index is 13.3. The lowest BCUT2D eigenvalue weighted by atomic mass is 10.2. The number of anilines is 1. The van der Waals surface area contributed by atoms with Gasteiger partial charge in [0.05, 0.1) is 4.92 Å². The molecule has 174 valence electrons. The molecule has 33 heavy (non-hydrogen) atoms. The Kier molecular flexibility index (Phi) is 7.36. The number of halogens is 4. The van der Waals surface area contributed by atoms with E-state index >= 15 is 0 Å². The highest BCUT2D eigenvalue weighted by Crippen LogP contribution is 2.34. The van der Waals surface area contributed by atoms with Crippen LogP contribution in [0.25, 0.3) is 0 Å². The van der Waals surface area contributed by atoms with Crippen molar-refractivity contribution in [3.8, 4) is 0 Å². The van der Waals surface area contributed by atoms with Crippen LogP contribution in [0.3, 0.4) is 0 Å². The van der Waals surface area contributed by atoms with Crippen molar-refractivity contribution in [2.24, 2.45) is 0 Å². The predicted octanol–water partition coefficient (Wildman–Crippen LogP) is 6.33. The molecule has 12 heteroatoms. The quantitative estimate of drug-likeness (QED) is 0.230. The number of aryl methyl sites for hydroxylation is 1. The normalized spacial score (nSPS) is 12.2. The second kappa shape index (κ2) is 10.0. The summed E-state index contributed by atoms with van der Waals surface area (Å²) in [6, 6.07) is 10.5. The maximum Gasteiger partial charge on any atom is 0.282 e. The van der Waals surface area contributed by atoms with Crippen molar-refractivity contribution in [3.05, 3.63) is 75.6 Å². The third-order valence-electron chi connectivity index (χ3n) is 4.60. The van der Waals surface area contributed by atoms with Crippen LogP contribution in [0, 0.1) is 17.0 Å². The number of amides is 1. The summed E-state index contributed by atoms with van der Waals surface area (Å²) in [7, 11) is 0. The van der Waals surface area contributed by atoms with E-state index in [1.165, 1.54) is 30.8 Å². The fraction of sp³-hybridized carbons (Fsp3) is 0.238. The lowest BCUT2D eigenvalue weighted by Crippen LogP contribution is -2.26. The molecule has 0 saturated heterocycles. The van der Waals surface area contributed by atoms with Crippen LogP contribution >= 0.6 is 11.8 Å². The molecule has 0 saturated carbocycles. The van der Waals surface area contributed by atoms with E-state index in [4.69, 9.17) is 0 Å². The highest BCUT2D eigenvalue weighted by Gasteiger charge is 2.27. The molecule has 3 rings (SSSR count). The minimum absolute atomic E-state index is 0.0514. The Morgan fingerprint density at radius 2 is 1.73 bits per heavy atom. The Bertz CT molecular complexity index is 1170. The van der Waals surface area contributed by atoms with Gasteiger partial charge in [0.2, 0.25) is 5.91 Å². The van der Waals surface area contributed by atoms with Gasteiger partial charge in [0.15, 0.2) is 0 Å². The average Bonchev–Trinajstić information content (AvgIpc) is 3.21. The summed E-state index contributed by atoms with van der Waals surface area (Å²) in [5, 5.41) is 17.2. The second-order valence-corrected chi connectivity index (χ2v) is 8.24. The molecule has 0 spiro atoms. The fourth-order valence-electron chi connectivity index (χ4n) is 2.93. The molecule has 7 nitrogen and oxygen atoms in total. The van der Waals surface area contributed by atoms with Gasteiger partial charge in [-0.25, -0.2) is 17.6 Å². The Morgan fingerprint density at radius 1 is 1.06 bits per heavy atom. The van der Waals surface area contributed by atoms with Gasteiger partial charge >= 0.3 is 0 Å². The first kappa shape index (κ1) is 24.2. The number of non-ortho nitro benzene ring substituents is 1. The molecule has 1 aromatic heterocycles. The Morgan fingerprint density at radius 3 is 2.30 bits per heavy atom. The molecule has 0 aliphatic carbocycles. The summed E-state index contributed by atoms with van der Waals surface area (Å²) in [6.07, 6.45) is -6.22. The first-order chi connectivity index (χ1) is 15.5. The number of aromatic nitrogens is 2. The summed E-state index contributed by atoms with van der Waals surface area (Å²) in [5.74, 6) is -0.854. The highest BCUT2D eigenvalue weighted by molar-refractivity contribution is 7.99. The van der Waals surface area contributed by atoms with Crippen molar-refractivity contribution in [1.82, 2.24) is 9.78 Å². The third-order valence-corrected chi connectivity index (χ3v) is 5.58. The van der Waals surface area contributed by atoms with Gasteiger partial charge < -0.3 is 5.32 Å². The molecule has 0 bridgehead atoms. The van der Waals surface area contributed by atoms with Gasteiger partial charge in [-0.3, -0.25) is 19.6 Å². The zero-order valence-corrected chi connectivity index (χ0v) is 18.2. The SMILES string of the molecule is Cc1ccc(Sc2cc(NC(=O)C(C)n3nc(C(F)F)cc3C(F)F)cc([N+](=O)[O-])c2)cc1. The summed E-state index contributed by atoms with van der Waals surface area (Å²) in [5.41, 5.74) is -0.908. The van der Waals surface area contributed by atoms with E-state index < -0.39 is 41.1 Å². The van der Waals surface area contributed by atoms with Crippen molar-refractivity contribution in [2.75, 3.05) is 5.32 Å². The van der Waals surface area contributed by atoms with Crippen molar-refractivity contribution in [1.29, 1.82) is 0 Å². The van der Waals surface area contributed by atoms with Crippen LogP contribution in [-0.2, 0) is 4.79 Å². The number of benzene rings is 2. The number of carbonyl (C=O) groups is 1. The Hall–Kier alpha value is -3.41. The minimum atomic E-state index is -3.13. The summed E-state index contributed by atoms with van der Waals surface area (Å²) in [6.45, 7) is 3.13. The van der Waals surface area contributed by atoms with Gasteiger partial charge in [-0.2, -0.15) is 5.10 Å². The fourth-order valence-corrected chi connectivity index (χ4v) is 3.84. The van der Waals surface area contributed by atoms with Gasteiger partial charge in [0.1, 0.15) is 17.4 Å². The number of nitro groups is 1. The number of rotatable bonds is 8. The molecule has 3 aromatic rings. The van der Waals surface area contributed by atoms with Crippen LogP contribution in [0.15, 0.2) is 58.3 Å². The van der Waals surface area contributed by atoms with E-state index in [1.807, 2.05) is 31.2 Å². The molecule has 0 fully saturated rings. The number of hydrogen-bond acceptors (Lipinski definition) is 5. The van der Waals surface area contributed by atoms with Crippen LogP contribution in [-0.4, -0.2) is 20.6 Å². The molecule has 0 radical (unpaired) electrons. The van der Waals surface area contributed by atoms with Crippen LogP contribution < -0.4 is 5.32 Å². The predicted molar refractivity (Wildman–Crippen MR) is 114 cm³/mol. The van der Waals surface area contributed by atoms with Crippen molar-refractivity contribution in [2.45, 2.75) is 42.5 Å². The first-order valence-corrected chi connectivity index (χ1v) is 10.4. The van der Waals surface area contributed by atoms with E-state index in [1.54, 1.807) is 0 Å². The van der Waals surface area contributed by atoms with Crippen LogP contribution in [0.5, 0.6) is 0 Å². The van der Waals surface area contributed by atoms with Crippen molar-refractivity contribution < 1.29 is 27.3 Å². The zero-order valence-electron chi connectivity index (χ0n) is 17.3. The Labute approximate surface area is 189 Å². The molecule has 2 aromatic carbocycles. The van der Waals surface area contributed by atoms with E-state index in [-0.39, 0.29) is 11.4 Å². The third kappa shape index (κ3) is 5.89. The largest absolute Gasteiger partial charge is 0.324 e. The first-order valence-electron chi connectivity index (χ1n) is 9.55.